The third-order valence-electron chi connectivity index (χ3n) is 5.54. The molecule has 0 bridgehead atoms. The number of piperazine rings is 1. The van der Waals surface area contributed by atoms with Crippen LogP contribution < -0.4 is 4.90 Å². The van der Waals surface area contributed by atoms with Crippen LogP contribution in [0.5, 0.6) is 0 Å². The van der Waals surface area contributed by atoms with E-state index < -0.39 is 14.9 Å². The predicted octanol–water partition coefficient (Wildman–Crippen LogP) is 3.13. The highest BCUT2D eigenvalue weighted by atomic mass is 32.2. The Morgan fingerprint density at radius 3 is 2.28 bits per heavy atom. The van der Waals surface area contributed by atoms with Crippen LogP contribution in [0.4, 0.5) is 11.5 Å². The van der Waals surface area contributed by atoms with Crippen LogP contribution in [0.1, 0.15) is 12.5 Å². The van der Waals surface area contributed by atoms with Crippen molar-refractivity contribution in [3.63, 3.8) is 0 Å². The predicted molar refractivity (Wildman–Crippen MR) is 121 cm³/mol. The lowest BCUT2D eigenvalue weighted by atomic mass is 10.1. The zero-order valence-electron chi connectivity index (χ0n) is 17.6. The molecule has 2 aromatic carbocycles. The monoisotopic (exact) mass is 453 g/mol. The molecule has 10 heteroatoms. The summed E-state index contributed by atoms with van der Waals surface area (Å²) < 4.78 is 27.2. The van der Waals surface area contributed by atoms with Crippen LogP contribution in [0.2, 0.25) is 0 Å². The fraction of sp³-hybridized carbons (Fsp3) is 0.273. The van der Waals surface area contributed by atoms with E-state index in [1.165, 1.54) is 28.1 Å². The zero-order chi connectivity index (χ0) is 22.7. The molecule has 9 nitrogen and oxygen atoms in total. The Morgan fingerprint density at radius 1 is 0.969 bits per heavy atom. The Hall–Kier alpha value is -3.37. The molecule has 0 saturated carbocycles. The van der Waals surface area contributed by atoms with Gasteiger partial charge in [-0.2, -0.15) is 4.31 Å². The van der Waals surface area contributed by atoms with E-state index in [1.54, 1.807) is 0 Å². The van der Waals surface area contributed by atoms with Crippen LogP contribution in [0.3, 0.4) is 0 Å². The molecule has 32 heavy (non-hydrogen) atoms. The molecule has 1 aliphatic heterocycles. The Kier molecular flexibility index (Phi) is 6.15. The number of aryl methyl sites for hydroxylation is 1. The van der Waals surface area contributed by atoms with Gasteiger partial charge in [-0.25, -0.2) is 8.42 Å². The summed E-state index contributed by atoms with van der Waals surface area (Å²) in [5.41, 5.74) is 2.79. The average Bonchev–Trinajstić information content (AvgIpc) is 2.84. The van der Waals surface area contributed by atoms with Crippen LogP contribution in [0.15, 0.2) is 65.6 Å². The standard InChI is InChI=1S/C22H23N5O4S/c1-2-17-6-8-18(9-7-17)21-10-11-22(24-23-21)25-12-14-26(15-13-25)32(30,31)20-5-3-4-19(16-20)27(28)29/h3-11,16H,2,12-15H2,1H3. The smallest absolute Gasteiger partial charge is 0.270 e. The minimum absolute atomic E-state index is 0.0709. The van der Waals surface area contributed by atoms with Gasteiger partial charge in [-0.3, -0.25) is 10.1 Å². The van der Waals surface area contributed by atoms with Crippen LogP contribution in [0, 0.1) is 10.1 Å². The van der Waals surface area contributed by atoms with Gasteiger partial charge in [-0.15, -0.1) is 10.2 Å². The van der Waals surface area contributed by atoms with Crippen molar-refractivity contribution < 1.29 is 13.3 Å². The molecule has 3 aromatic rings. The summed E-state index contributed by atoms with van der Waals surface area (Å²) in [6, 6.07) is 17.1. The van der Waals surface area contributed by atoms with E-state index in [-0.39, 0.29) is 23.7 Å². The van der Waals surface area contributed by atoms with Gasteiger partial charge in [0.15, 0.2) is 5.82 Å². The van der Waals surface area contributed by atoms with Crippen molar-refractivity contribution in [3.05, 3.63) is 76.3 Å². The molecule has 0 amide bonds. The Morgan fingerprint density at radius 2 is 1.69 bits per heavy atom. The highest BCUT2D eigenvalue weighted by molar-refractivity contribution is 7.89. The Balaban J connectivity index is 1.43. The third-order valence-corrected chi connectivity index (χ3v) is 7.43. The minimum atomic E-state index is -3.81. The number of anilines is 1. The topological polar surface area (TPSA) is 110 Å². The van der Waals surface area contributed by atoms with Crippen LogP contribution in [0.25, 0.3) is 11.3 Å². The lowest BCUT2D eigenvalue weighted by Crippen LogP contribution is -2.49. The van der Waals surface area contributed by atoms with Gasteiger partial charge in [0.25, 0.3) is 5.69 Å². The first-order valence-electron chi connectivity index (χ1n) is 10.3. The second-order valence-electron chi connectivity index (χ2n) is 7.47. The fourth-order valence-electron chi connectivity index (χ4n) is 3.62. The molecule has 0 unspecified atom stereocenters. The van der Waals surface area contributed by atoms with Gasteiger partial charge in [-0.1, -0.05) is 37.3 Å². The maximum absolute atomic E-state index is 12.9. The van der Waals surface area contributed by atoms with Gasteiger partial charge in [0.1, 0.15) is 0 Å². The number of sulfonamides is 1. The van der Waals surface area contributed by atoms with Gasteiger partial charge in [0.05, 0.1) is 15.5 Å². The number of aromatic nitrogens is 2. The van der Waals surface area contributed by atoms with Gasteiger partial charge in [-0.05, 0) is 30.2 Å². The number of nitro groups is 1. The Bertz CT molecular complexity index is 1210. The summed E-state index contributed by atoms with van der Waals surface area (Å²) in [6.45, 7) is 3.53. The molecule has 1 saturated heterocycles. The number of benzene rings is 2. The number of nitro benzene ring substituents is 1. The number of non-ortho nitro benzene ring substituents is 1. The summed E-state index contributed by atoms with van der Waals surface area (Å²) in [5, 5.41) is 19.6. The van der Waals surface area contributed by atoms with Crippen LogP contribution in [-0.2, 0) is 16.4 Å². The van der Waals surface area contributed by atoms with Crippen molar-refractivity contribution >= 4 is 21.5 Å². The molecule has 1 aromatic heterocycles. The maximum atomic E-state index is 12.9. The lowest BCUT2D eigenvalue weighted by molar-refractivity contribution is -0.385. The third kappa shape index (κ3) is 4.46. The number of nitrogens with zero attached hydrogens (tertiary/aromatic N) is 5. The van der Waals surface area contributed by atoms with E-state index in [4.69, 9.17) is 0 Å². The highest BCUT2D eigenvalue weighted by Crippen LogP contribution is 2.24. The van der Waals surface area contributed by atoms with Gasteiger partial charge in [0.2, 0.25) is 10.0 Å². The van der Waals surface area contributed by atoms with E-state index in [2.05, 4.69) is 29.3 Å². The largest absolute Gasteiger partial charge is 0.352 e. The normalized spacial score (nSPS) is 15.0. The number of hydrogen-bond acceptors (Lipinski definition) is 7. The molecule has 4 rings (SSSR count). The molecular formula is C22H23N5O4S. The van der Waals surface area contributed by atoms with Crippen LogP contribution in [-0.4, -0.2) is 54.0 Å². The van der Waals surface area contributed by atoms with Crippen LogP contribution >= 0.6 is 0 Å². The highest BCUT2D eigenvalue weighted by Gasteiger charge is 2.30. The van der Waals surface area contributed by atoms with E-state index in [1.807, 2.05) is 29.2 Å². The first-order chi connectivity index (χ1) is 15.4. The molecular weight excluding hydrogens is 430 g/mol. The zero-order valence-corrected chi connectivity index (χ0v) is 18.4. The molecule has 0 aliphatic carbocycles. The van der Waals surface area contributed by atoms with Crippen molar-refractivity contribution in [1.29, 1.82) is 0 Å². The first-order valence-corrected chi connectivity index (χ1v) is 11.7. The Labute approximate surface area is 186 Å². The number of rotatable bonds is 6. The molecule has 1 aliphatic rings. The summed E-state index contributed by atoms with van der Waals surface area (Å²) in [5.74, 6) is 0.686. The number of hydrogen-bond donors (Lipinski definition) is 0. The summed E-state index contributed by atoms with van der Waals surface area (Å²) in [4.78, 5) is 12.3. The summed E-state index contributed by atoms with van der Waals surface area (Å²) in [6.07, 6.45) is 0.980. The van der Waals surface area contributed by atoms with E-state index in [9.17, 15) is 18.5 Å². The van der Waals surface area contributed by atoms with Crippen molar-refractivity contribution in [3.8, 4) is 11.3 Å². The summed E-state index contributed by atoms with van der Waals surface area (Å²) >= 11 is 0. The van der Waals surface area contributed by atoms with E-state index in [0.29, 0.717) is 18.9 Å². The van der Waals surface area contributed by atoms with Crippen molar-refractivity contribution in [2.24, 2.45) is 0 Å². The lowest BCUT2D eigenvalue weighted by Gasteiger charge is -2.34. The quantitative estimate of drug-likeness (QED) is 0.417. The maximum Gasteiger partial charge on any atom is 0.270 e. The van der Waals surface area contributed by atoms with Crippen molar-refractivity contribution in [1.82, 2.24) is 14.5 Å². The van der Waals surface area contributed by atoms with E-state index in [0.717, 1.165) is 23.7 Å². The molecule has 0 spiro atoms. The molecule has 166 valence electrons. The van der Waals surface area contributed by atoms with Gasteiger partial charge >= 0.3 is 0 Å². The van der Waals surface area contributed by atoms with Crippen molar-refractivity contribution in [2.75, 3.05) is 31.1 Å². The average molecular weight is 454 g/mol. The first kappa shape index (κ1) is 21.8. The van der Waals surface area contributed by atoms with E-state index >= 15 is 0 Å². The molecule has 0 N–H and O–H groups in total. The second kappa shape index (κ2) is 9.01. The minimum Gasteiger partial charge on any atom is -0.352 e. The SMILES string of the molecule is CCc1ccc(-c2ccc(N3CCN(S(=O)(=O)c4cccc([N+](=O)[O-])c4)CC3)nn2)cc1. The molecule has 2 heterocycles. The second-order valence-corrected chi connectivity index (χ2v) is 9.41. The summed E-state index contributed by atoms with van der Waals surface area (Å²) in [7, 11) is -3.81. The van der Waals surface area contributed by atoms with Crippen molar-refractivity contribution in [2.45, 2.75) is 18.2 Å². The van der Waals surface area contributed by atoms with Gasteiger partial charge in [0, 0.05) is 43.9 Å². The molecule has 0 atom stereocenters. The fourth-order valence-corrected chi connectivity index (χ4v) is 5.09. The molecule has 1 fully saturated rings. The van der Waals surface area contributed by atoms with Gasteiger partial charge < -0.3 is 4.90 Å². The molecule has 0 radical (unpaired) electrons.